The van der Waals surface area contributed by atoms with E-state index in [1.807, 2.05) is 55.6 Å². The first-order valence-electron chi connectivity index (χ1n) is 8.42. The van der Waals surface area contributed by atoms with Crippen molar-refractivity contribution in [3.05, 3.63) is 83.9 Å². The first-order chi connectivity index (χ1) is 12.3. The van der Waals surface area contributed by atoms with Gasteiger partial charge >= 0.3 is 0 Å². The molecule has 0 amide bonds. The molecule has 3 aromatic carbocycles. The third-order valence-corrected chi connectivity index (χ3v) is 4.54. The third kappa shape index (κ3) is 2.91. The van der Waals surface area contributed by atoms with Crippen molar-refractivity contribution in [3.63, 3.8) is 0 Å². The molecule has 0 fully saturated rings. The number of nitrogens with one attached hydrogen (secondary N) is 2. The van der Waals surface area contributed by atoms with Crippen LogP contribution in [0.2, 0.25) is 0 Å². The maximum atomic E-state index is 6.49. The Bertz CT molecular complexity index is 994. The lowest BCUT2D eigenvalue weighted by Crippen LogP contribution is -2.38. The second kappa shape index (κ2) is 6.69. The van der Waals surface area contributed by atoms with Crippen LogP contribution in [0, 0.1) is 0 Å². The zero-order valence-corrected chi connectivity index (χ0v) is 14.1. The molecule has 4 rings (SSSR count). The normalized spacial score (nSPS) is 14.0. The number of furan rings is 1. The highest BCUT2D eigenvalue weighted by Crippen LogP contribution is 2.32. The monoisotopic (exact) mass is 331 g/mol. The summed E-state index contributed by atoms with van der Waals surface area (Å²) in [6.45, 7) is 0. The lowest BCUT2D eigenvalue weighted by Gasteiger charge is -2.23. The predicted octanol–water partition coefficient (Wildman–Crippen LogP) is 4.05. The van der Waals surface area contributed by atoms with E-state index in [2.05, 4.69) is 34.9 Å². The molecule has 0 spiro atoms. The average Bonchev–Trinajstić information content (AvgIpc) is 3.05. The summed E-state index contributed by atoms with van der Waals surface area (Å²) in [5, 5.41) is 8.91. The Kier molecular flexibility index (Phi) is 4.24. The Hall–Kier alpha value is -2.66. The predicted molar refractivity (Wildman–Crippen MR) is 102 cm³/mol. The van der Waals surface area contributed by atoms with E-state index >= 15 is 0 Å². The van der Waals surface area contributed by atoms with Gasteiger partial charge in [0.25, 0.3) is 0 Å². The minimum absolute atomic E-state index is 0.0455. The van der Waals surface area contributed by atoms with E-state index < -0.39 is 0 Å². The van der Waals surface area contributed by atoms with E-state index in [0.717, 1.165) is 33.1 Å². The van der Waals surface area contributed by atoms with Crippen LogP contribution in [0.5, 0.6) is 0 Å². The van der Waals surface area contributed by atoms with Crippen LogP contribution in [-0.2, 0) is 0 Å². The molecule has 2 atom stereocenters. The molecule has 1 heterocycles. The standard InChI is InChI=1S/C21H21N3O/c1-23-21(14-8-3-2-4-9-14)24-20(22)17-12-7-11-16-15-10-5-6-13-18(15)25-19(16)17/h2-13,20-21,23-24H,22H2,1H3. The van der Waals surface area contributed by atoms with Crippen LogP contribution in [0.1, 0.15) is 23.5 Å². The van der Waals surface area contributed by atoms with E-state index in [1.54, 1.807) is 0 Å². The first-order valence-corrected chi connectivity index (χ1v) is 8.42. The molecule has 4 nitrogen and oxygen atoms in total. The first kappa shape index (κ1) is 15.8. The molecular formula is C21H21N3O. The van der Waals surface area contributed by atoms with Gasteiger partial charge in [-0.05, 0) is 18.7 Å². The molecule has 4 aromatic rings. The van der Waals surface area contributed by atoms with Crippen LogP contribution in [0.25, 0.3) is 21.9 Å². The molecule has 25 heavy (non-hydrogen) atoms. The number of hydrogen-bond acceptors (Lipinski definition) is 4. The van der Waals surface area contributed by atoms with Gasteiger partial charge in [-0.15, -0.1) is 0 Å². The zero-order chi connectivity index (χ0) is 17.2. The highest BCUT2D eigenvalue weighted by Gasteiger charge is 2.18. The average molecular weight is 331 g/mol. The van der Waals surface area contributed by atoms with E-state index in [0.29, 0.717) is 0 Å². The van der Waals surface area contributed by atoms with Gasteiger partial charge in [0, 0.05) is 16.3 Å². The van der Waals surface area contributed by atoms with Gasteiger partial charge in [-0.2, -0.15) is 0 Å². The number of para-hydroxylation sites is 2. The SMILES string of the molecule is CNC(NC(N)c1cccc2c1oc1ccccc12)c1ccccc1. The number of rotatable bonds is 5. The van der Waals surface area contributed by atoms with Crippen LogP contribution >= 0.6 is 0 Å². The van der Waals surface area contributed by atoms with E-state index in [-0.39, 0.29) is 12.3 Å². The molecule has 4 N–H and O–H groups in total. The van der Waals surface area contributed by atoms with E-state index in [4.69, 9.17) is 10.2 Å². The Balaban J connectivity index is 1.71. The minimum Gasteiger partial charge on any atom is -0.456 e. The maximum Gasteiger partial charge on any atom is 0.141 e. The lowest BCUT2D eigenvalue weighted by atomic mass is 10.1. The van der Waals surface area contributed by atoms with Gasteiger partial charge in [0.05, 0.1) is 12.3 Å². The Morgan fingerprint density at radius 1 is 0.840 bits per heavy atom. The van der Waals surface area contributed by atoms with Crippen molar-refractivity contribution < 1.29 is 4.42 Å². The number of benzene rings is 3. The second-order valence-corrected chi connectivity index (χ2v) is 6.10. The molecule has 2 unspecified atom stereocenters. The fourth-order valence-corrected chi connectivity index (χ4v) is 3.27. The highest BCUT2D eigenvalue weighted by molar-refractivity contribution is 6.05. The van der Waals surface area contributed by atoms with Gasteiger partial charge in [-0.3, -0.25) is 5.32 Å². The van der Waals surface area contributed by atoms with E-state index in [1.165, 1.54) is 0 Å². The van der Waals surface area contributed by atoms with Crippen molar-refractivity contribution in [1.29, 1.82) is 0 Å². The molecule has 0 aliphatic carbocycles. The van der Waals surface area contributed by atoms with Crippen molar-refractivity contribution >= 4 is 21.9 Å². The Morgan fingerprint density at radius 2 is 1.56 bits per heavy atom. The maximum absolute atomic E-state index is 6.49. The van der Waals surface area contributed by atoms with Crippen LogP contribution < -0.4 is 16.4 Å². The van der Waals surface area contributed by atoms with Crippen LogP contribution in [0.3, 0.4) is 0 Å². The van der Waals surface area contributed by atoms with Gasteiger partial charge < -0.3 is 15.5 Å². The zero-order valence-electron chi connectivity index (χ0n) is 14.1. The summed E-state index contributed by atoms with van der Waals surface area (Å²) in [5.41, 5.74) is 10.3. The van der Waals surface area contributed by atoms with Crippen LogP contribution in [-0.4, -0.2) is 7.05 Å². The molecular weight excluding hydrogens is 310 g/mol. The van der Waals surface area contributed by atoms with Crippen molar-refractivity contribution in [1.82, 2.24) is 10.6 Å². The quantitative estimate of drug-likeness (QED) is 0.483. The second-order valence-electron chi connectivity index (χ2n) is 6.10. The molecule has 0 aliphatic rings. The van der Waals surface area contributed by atoms with Gasteiger partial charge in [0.1, 0.15) is 11.2 Å². The molecule has 0 radical (unpaired) electrons. The largest absolute Gasteiger partial charge is 0.456 e. The van der Waals surface area contributed by atoms with Gasteiger partial charge in [0.15, 0.2) is 0 Å². The van der Waals surface area contributed by atoms with Crippen LogP contribution in [0.15, 0.2) is 77.2 Å². The van der Waals surface area contributed by atoms with Crippen molar-refractivity contribution in [3.8, 4) is 0 Å². The van der Waals surface area contributed by atoms with Gasteiger partial charge in [0.2, 0.25) is 0 Å². The van der Waals surface area contributed by atoms with Crippen molar-refractivity contribution in [2.45, 2.75) is 12.3 Å². The molecule has 0 saturated heterocycles. The summed E-state index contributed by atoms with van der Waals surface area (Å²) in [5.74, 6) is 0. The fourth-order valence-electron chi connectivity index (χ4n) is 3.27. The smallest absolute Gasteiger partial charge is 0.141 e. The molecule has 0 bridgehead atoms. The molecule has 0 saturated carbocycles. The minimum atomic E-state index is -0.359. The number of hydrogen-bond donors (Lipinski definition) is 3. The molecule has 126 valence electrons. The summed E-state index contributed by atoms with van der Waals surface area (Å²) in [6.07, 6.45) is -0.405. The van der Waals surface area contributed by atoms with E-state index in [9.17, 15) is 0 Å². The summed E-state index contributed by atoms with van der Waals surface area (Å²) < 4.78 is 6.09. The lowest BCUT2D eigenvalue weighted by molar-refractivity contribution is 0.410. The van der Waals surface area contributed by atoms with Gasteiger partial charge in [-0.25, -0.2) is 0 Å². The Labute approximate surface area is 146 Å². The number of fused-ring (bicyclic) bond motifs is 3. The molecule has 4 heteroatoms. The Morgan fingerprint density at radius 3 is 2.36 bits per heavy atom. The van der Waals surface area contributed by atoms with Crippen molar-refractivity contribution in [2.75, 3.05) is 7.05 Å². The topological polar surface area (TPSA) is 63.2 Å². The third-order valence-electron chi connectivity index (χ3n) is 4.54. The fraction of sp³-hybridized carbons (Fsp3) is 0.143. The summed E-state index contributed by atoms with van der Waals surface area (Å²) in [4.78, 5) is 0. The van der Waals surface area contributed by atoms with Gasteiger partial charge in [-0.1, -0.05) is 66.7 Å². The summed E-state index contributed by atoms with van der Waals surface area (Å²) in [6, 6.07) is 24.4. The van der Waals surface area contributed by atoms with Crippen LogP contribution in [0.4, 0.5) is 0 Å². The highest BCUT2D eigenvalue weighted by atomic mass is 16.3. The van der Waals surface area contributed by atoms with Crippen molar-refractivity contribution in [2.24, 2.45) is 5.73 Å². The summed E-state index contributed by atoms with van der Waals surface area (Å²) >= 11 is 0. The molecule has 0 aliphatic heterocycles. The number of nitrogens with two attached hydrogens (primary N) is 1. The molecule has 1 aromatic heterocycles. The summed E-state index contributed by atoms with van der Waals surface area (Å²) in [7, 11) is 1.92.